The molecule has 2 heterocycles. The van der Waals surface area contributed by atoms with Gasteiger partial charge in [-0.25, -0.2) is 0 Å². The number of hydrogen-bond donors (Lipinski definition) is 0. The van der Waals surface area contributed by atoms with Crippen molar-refractivity contribution < 1.29 is 14.3 Å². The maximum atomic E-state index is 12.5. The lowest BCUT2D eigenvalue weighted by Gasteiger charge is -2.41. The van der Waals surface area contributed by atoms with Crippen molar-refractivity contribution in [3.63, 3.8) is 0 Å². The molecule has 2 aliphatic rings. The molecule has 0 aliphatic carbocycles. The SMILES string of the molecule is COC(=O)[C@H]1[C@H](c2ccc(OC(C)(C)C)cc2)C[C@H]2CC[C@@H]1N2C. The molecular weight excluding hydrogens is 302 g/mol. The molecule has 2 saturated heterocycles. The summed E-state index contributed by atoms with van der Waals surface area (Å²) >= 11 is 0. The van der Waals surface area contributed by atoms with Crippen LogP contribution in [0.3, 0.4) is 0 Å². The number of piperidine rings is 1. The van der Waals surface area contributed by atoms with Gasteiger partial charge in [-0.2, -0.15) is 0 Å². The minimum absolute atomic E-state index is 0.0758. The molecule has 4 atom stereocenters. The molecule has 0 radical (unpaired) electrons. The average molecular weight is 331 g/mol. The van der Waals surface area contributed by atoms with Crippen molar-refractivity contribution in [1.29, 1.82) is 0 Å². The molecule has 4 nitrogen and oxygen atoms in total. The van der Waals surface area contributed by atoms with E-state index in [1.54, 1.807) is 0 Å². The molecule has 0 saturated carbocycles. The number of carbonyl (C=O) groups excluding carboxylic acids is 1. The van der Waals surface area contributed by atoms with Crippen LogP contribution in [0.4, 0.5) is 0 Å². The molecule has 2 fully saturated rings. The van der Waals surface area contributed by atoms with Gasteiger partial charge in [-0.3, -0.25) is 9.69 Å². The van der Waals surface area contributed by atoms with Crippen LogP contribution in [-0.2, 0) is 9.53 Å². The van der Waals surface area contributed by atoms with Crippen molar-refractivity contribution in [2.24, 2.45) is 5.92 Å². The van der Waals surface area contributed by atoms with Crippen molar-refractivity contribution in [2.45, 2.75) is 63.6 Å². The van der Waals surface area contributed by atoms with Crippen LogP contribution in [0, 0.1) is 5.92 Å². The van der Waals surface area contributed by atoms with E-state index in [4.69, 9.17) is 9.47 Å². The monoisotopic (exact) mass is 331 g/mol. The number of hydrogen-bond acceptors (Lipinski definition) is 4. The molecule has 2 aliphatic heterocycles. The number of esters is 1. The second-order valence-corrected chi connectivity index (χ2v) is 8.14. The van der Waals surface area contributed by atoms with Crippen LogP contribution in [0.25, 0.3) is 0 Å². The Labute approximate surface area is 145 Å². The van der Waals surface area contributed by atoms with Crippen LogP contribution >= 0.6 is 0 Å². The Bertz CT molecular complexity index is 590. The van der Waals surface area contributed by atoms with Gasteiger partial charge in [0.2, 0.25) is 0 Å². The molecule has 2 bridgehead atoms. The summed E-state index contributed by atoms with van der Waals surface area (Å²) in [6.45, 7) is 6.13. The largest absolute Gasteiger partial charge is 0.488 e. The first-order valence-electron chi connectivity index (χ1n) is 8.89. The van der Waals surface area contributed by atoms with E-state index in [2.05, 4.69) is 24.1 Å². The van der Waals surface area contributed by atoms with Crippen LogP contribution in [0.15, 0.2) is 24.3 Å². The van der Waals surface area contributed by atoms with Crippen LogP contribution in [-0.4, -0.2) is 42.7 Å². The average Bonchev–Trinajstić information content (AvgIpc) is 2.76. The smallest absolute Gasteiger partial charge is 0.310 e. The third kappa shape index (κ3) is 3.30. The first kappa shape index (κ1) is 17.3. The molecule has 0 unspecified atom stereocenters. The van der Waals surface area contributed by atoms with E-state index in [-0.39, 0.29) is 23.4 Å². The fourth-order valence-electron chi connectivity index (χ4n) is 4.40. The van der Waals surface area contributed by atoms with Gasteiger partial charge in [-0.05, 0) is 64.8 Å². The van der Waals surface area contributed by atoms with E-state index < -0.39 is 0 Å². The number of benzene rings is 1. The lowest BCUT2D eigenvalue weighted by atomic mass is 9.76. The highest BCUT2D eigenvalue weighted by Crippen LogP contribution is 2.46. The van der Waals surface area contributed by atoms with Crippen LogP contribution in [0.2, 0.25) is 0 Å². The Morgan fingerprint density at radius 3 is 2.42 bits per heavy atom. The van der Waals surface area contributed by atoms with Gasteiger partial charge in [0.05, 0.1) is 13.0 Å². The van der Waals surface area contributed by atoms with E-state index in [1.165, 1.54) is 19.1 Å². The zero-order valence-corrected chi connectivity index (χ0v) is 15.4. The standard InChI is InChI=1S/C20H29NO3/c1-20(2,3)24-15-9-6-13(7-10-15)16-12-14-8-11-17(21(14)4)18(16)19(22)23-5/h6-7,9-10,14,16-18H,8,11-12H2,1-5H3/t14-,16+,17+,18+/m1/s1. The molecule has 0 N–H and O–H groups in total. The second kappa shape index (κ2) is 6.40. The number of carbonyl (C=O) groups is 1. The number of rotatable bonds is 3. The summed E-state index contributed by atoms with van der Waals surface area (Å²) in [5.41, 5.74) is 1.01. The van der Waals surface area contributed by atoms with Gasteiger partial charge < -0.3 is 9.47 Å². The quantitative estimate of drug-likeness (QED) is 0.793. The van der Waals surface area contributed by atoms with Gasteiger partial charge >= 0.3 is 5.97 Å². The Morgan fingerprint density at radius 1 is 1.17 bits per heavy atom. The topological polar surface area (TPSA) is 38.8 Å². The fraction of sp³-hybridized carbons (Fsp3) is 0.650. The van der Waals surface area contributed by atoms with Crippen molar-refractivity contribution in [1.82, 2.24) is 4.90 Å². The Kier molecular flexibility index (Phi) is 4.60. The zero-order chi connectivity index (χ0) is 17.5. The third-order valence-corrected chi connectivity index (χ3v) is 5.47. The van der Waals surface area contributed by atoms with Gasteiger partial charge in [0.25, 0.3) is 0 Å². The summed E-state index contributed by atoms with van der Waals surface area (Å²) in [6, 6.07) is 9.15. The summed E-state index contributed by atoms with van der Waals surface area (Å²) in [5.74, 6) is 0.951. The van der Waals surface area contributed by atoms with Crippen LogP contribution in [0.1, 0.15) is 51.5 Å². The zero-order valence-electron chi connectivity index (χ0n) is 15.4. The minimum atomic E-state index is -0.206. The molecule has 24 heavy (non-hydrogen) atoms. The molecule has 0 aromatic heterocycles. The van der Waals surface area contributed by atoms with Crippen LogP contribution in [0.5, 0.6) is 5.75 Å². The molecule has 4 heteroatoms. The van der Waals surface area contributed by atoms with Crippen LogP contribution < -0.4 is 4.74 Å². The van der Waals surface area contributed by atoms with Gasteiger partial charge in [-0.1, -0.05) is 12.1 Å². The molecule has 0 spiro atoms. The highest BCUT2D eigenvalue weighted by Gasteiger charge is 2.49. The molecule has 1 aromatic carbocycles. The predicted molar refractivity (Wildman–Crippen MR) is 94.3 cm³/mol. The van der Waals surface area contributed by atoms with Gasteiger partial charge in [0.15, 0.2) is 0 Å². The molecule has 0 amide bonds. The predicted octanol–water partition coefficient (Wildman–Crippen LogP) is 3.60. The minimum Gasteiger partial charge on any atom is -0.488 e. The molecule has 3 rings (SSSR count). The van der Waals surface area contributed by atoms with E-state index >= 15 is 0 Å². The van der Waals surface area contributed by atoms with E-state index in [9.17, 15) is 4.79 Å². The maximum Gasteiger partial charge on any atom is 0.310 e. The first-order chi connectivity index (χ1) is 11.3. The van der Waals surface area contributed by atoms with Gasteiger partial charge in [0, 0.05) is 18.0 Å². The summed E-state index contributed by atoms with van der Waals surface area (Å²) < 4.78 is 11.1. The van der Waals surface area contributed by atoms with Gasteiger partial charge in [-0.15, -0.1) is 0 Å². The fourth-order valence-corrected chi connectivity index (χ4v) is 4.40. The second-order valence-electron chi connectivity index (χ2n) is 8.14. The van der Waals surface area contributed by atoms with Gasteiger partial charge in [0.1, 0.15) is 11.4 Å². The maximum absolute atomic E-state index is 12.5. The summed E-state index contributed by atoms with van der Waals surface area (Å²) in [6.07, 6.45) is 3.28. The molecular formula is C20H29NO3. The van der Waals surface area contributed by atoms with E-state index in [0.29, 0.717) is 12.1 Å². The number of ether oxygens (including phenoxy) is 2. The molecule has 1 aromatic rings. The highest BCUT2D eigenvalue weighted by atomic mass is 16.5. The van der Waals surface area contributed by atoms with E-state index in [0.717, 1.165) is 18.6 Å². The first-order valence-corrected chi connectivity index (χ1v) is 8.89. The lowest BCUT2D eigenvalue weighted by molar-refractivity contribution is -0.150. The Hall–Kier alpha value is -1.55. The van der Waals surface area contributed by atoms with E-state index in [1.807, 2.05) is 32.9 Å². The number of fused-ring (bicyclic) bond motifs is 2. The summed E-state index contributed by atoms with van der Waals surface area (Å²) in [4.78, 5) is 14.8. The molecule has 132 valence electrons. The van der Waals surface area contributed by atoms with Crippen molar-refractivity contribution >= 4 is 5.97 Å². The summed E-state index contributed by atoms with van der Waals surface area (Å²) in [7, 11) is 3.65. The Morgan fingerprint density at radius 2 is 1.83 bits per heavy atom. The van der Waals surface area contributed by atoms with Crippen molar-refractivity contribution in [3.8, 4) is 5.75 Å². The van der Waals surface area contributed by atoms with Crippen molar-refractivity contribution in [2.75, 3.05) is 14.2 Å². The Balaban J connectivity index is 1.85. The third-order valence-electron chi connectivity index (χ3n) is 5.47. The highest BCUT2D eigenvalue weighted by molar-refractivity contribution is 5.75. The summed E-state index contributed by atoms with van der Waals surface area (Å²) in [5, 5.41) is 0. The normalized spacial score (nSPS) is 30.2. The number of methoxy groups -OCH3 is 1. The van der Waals surface area contributed by atoms with Crippen molar-refractivity contribution in [3.05, 3.63) is 29.8 Å². The lowest BCUT2D eigenvalue weighted by Crippen LogP contribution is -2.49. The number of nitrogens with zero attached hydrogens (tertiary/aromatic N) is 1.